The molecule has 2 fully saturated rings. The van der Waals surface area contributed by atoms with Gasteiger partial charge in [-0.3, -0.25) is 4.79 Å². The summed E-state index contributed by atoms with van der Waals surface area (Å²) in [6.45, 7) is 3.20. The van der Waals surface area contributed by atoms with E-state index in [1.54, 1.807) is 0 Å². The van der Waals surface area contributed by atoms with Crippen molar-refractivity contribution in [1.29, 1.82) is 0 Å². The molecule has 2 aliphatic rings. The second-order valence-corrected chi connectivity index (χ2v) is 10.3. The highest BCUT2D eigenvalue weighted by molar-refractivity contribution is 5.65. The molecule has 0 spiro atoms. The first-order valence-electron chi connectivity index (χ1n) is 13.3. The summed E-state index contributed by atoms with van der Waals surface area (Å²) in [6.07, 6.45) is 27.5. The minimum atomic E-state index is -1.92. The number of allylic oxidation sites excluding steroid dienone is 4. The van der Waals surface area contributed by atoms with Crippen LogP contribution in [0.2, 0.25) is 0 Å². The maximum Gasteiger partial charge on any atom is 0.302 e. The van der Waals surface area contributed by atoms with E-state index < -0.39 is 11.8 Å². The first-order valence-corrected chi connectivity index (χ1v) is 13.3. The van der Waals surface area contributed by atoms with Crippen LogP contribution in [0.1, 0.15) is 110 Å². The number of hydrogen-bond donors (Lipinski definition) is 2. The molecule has 0 bridgehead atoms. The standard InChI is InChI=1S/C28H48O4/c1-3-4-5-8-13-25(27-19-20-27)16-12-18-26-17-11-15-24(26)14-9-6-7-10-21-28(30,31)22-32-23(2)29/h6,9,12,18,24-27,30-31H,3-5,7-8,10-11,13-17,19-22H2,1-2H3/b9-6-,18-12+/t24-,25-,26+/m0/s1. The number of ether oxygens (including phenoxy) is 1. The Morgan fingerprint density at radius 1 is 1.06 bits per heavy atom. The van der Waals surface area contributed by atoms with Crippen molar-refractivity contribution in [2.24, 2.45) is 23.7 Å². The van der Waals surface area contributed by atoms with Gasteiger partial charge < -0.3 is 14.9 Å². The van der Waals surface area contributed by atoms with Gasteiger partial charge in [-0.2, -0.15) is 0 Å². The predicted molar refractivity (Wildman–Crippen MR) is 131 cm³/mol. The van der Waals surface area contributed by atoms with Gasteiger partial charge in [-0.1, -0.05) is 63.3 Å². The molecule has 0 radical (unpaired) electrons. The van der Waals surface area contributed by atoms with E-state index in [2.05, 4.69) is 31.2 Å². The fraction of sp³-hybridized carbons (Fsp3) is 0.821. The Kier molecular flexibility index (Phi) is 12.6. The van der Waals surface area contributed by atoms with Crippen LogP contribution in [0.3, 0.4) is 0 Å². The van der Waals surface area contributed by atoms with Gasteiger partial charge in [0.25, 0.3) is 0 Å². The van der Waals surface area contributed by atoms with Crippen molar-refractivity contribution in [3.05, 3.63) is 24.3 Å². The van der Waals surface area contributed by atoms with Crippen LogP contribution in [-0.2, 0) is 9.53 Å². The van der Waals surface area contributed by atoms with Crippen molar-refractivity contribution >= 4 is 5.97 Å². The Labute approximate surface area is 196 Å². The highest BCUT2D eigenvalue weighted by Crippen LogP contribution is 2.42. The van der Waals surface area contributed by atoms with Crippen molar-refractivity contribution in [3.8, 4) is 0 Å². The monoisotopic (exact) mass is 448 g/mol. The fourth-order valence-electron chi connectivity index (χ4n) is 5.17. The molecule has 4 heteroatoms. The number of rotatable bonds is 17. The molecule has 2 N–H and O–H groups in total. The summed E-state index contributed by atoms with van der Waals surface area (Å²) in [4.78, 5) is 10.8. The minimum Gasteiger partial charge on any atom is -0.460 e. The van der Waals surface area contributed by atoms with E-state index in [1.165, 1.54) is 77.6 Å². The zero-order chi connectivity index (χ0) is 23.2. The molecular formula is C28H48O4. The molecule has 32 heavy (non-hydrogen) atoms. The predicted octanol–water partition coefficient (Wildman–Crippen LogP) is 6.71. The van der Waals surface area contributed by atoms with E-state index in [4.69, 9.17) is 4.74 Å². The molecule has 0 saturated heterocycles. The SMILES string of the molecule is CCCCCC[C@@H](C/C=C/[C@H]1CCC[C@@H]1C/C=C\CCCC(O)(O)COC(C)=O)C1CC1. The van der Waals surface area contributed by atoms with Gasteiger partial charge in [-0.05, 0) is 81.5 Å². The summed E-state index contributed by atoms with van der Waals surface area (Å²) in [5.41, 5.74) is 0. The summed E-state index contributed by atoms with van der Waals surface area (Å²) in [5.74, 6) is 1.00. The highest BCUT2D eigenvalue weighted by atomic mass is 16.6. The molecule has 4 nitrogen and oxygen atoms in total. The van der Waals surface area contributed by atoms with Crippen LogP contribution in [0.5, 0.6) is 0 Å². The molecule has 0 heterocycles. The van der Waals surface area contributed by atoms with Crippen molar-refractivity contribution in [2.75, 3.05) is 6.61 Å². The quantitative estimate of drug-likeness (QED) is 0.112. The number of hydrogen-bond acceptors (Lipinski definition) is 4. The molecule has 3 atom stereocenters. The van der Waals surface area contributed by atoms with E-state index in [0.717, 1.165) is 36.5 Å². The van der Waals surface area contributed by atoms with E-state index in [1.807, 2.05) is 0 Å². The smallest absolute Gasteiger partial charge is 0.302 e. The number of carbonyl (C=O) groups excluding carboxylic acids is 1. The van der Waals surface area contributed by atoms with Crippen LogP contribution in [-0.4, -0.2) is 28.6 Å². The van der Waals surface area contributed by atoms with E-state index in [-0.39, 0.29) is 13.0 Å². The van der Waals surface area contributed by atoms with Crippen molar-refractivity contribution in [3.63, 3.8) is 0 Å². The zero-order valence-corrected chi connectivity index (χ0v) is 20.6. The molecule has 0 aromatic rings. The second-order valence-electron chi connectivity index (χ2n) is 10.3. The zero-order valence-electron chi connectivity index (χ0n) is 20.6. The lowest BCUT2D eigenvalue weighted by atomic mass is 9.89. The summed E-state index contributed by atoms with van der Waals surface area (Å²) in [5, 5.41) is 19.6. The normalized spacial score (nSPS) is 22.8. The lowest BCUT2D eigenvalue weighted by Gasteiger charge is -2.20. The minimum absolute atomic E-state index is 0.208. The number of esters is 1. The lowest BCUT2D eigenvalue weighted by molar-refractivity contribution is -0.204. The fourth-order valence-corrected chi connectivity index (χ4v) is 5.17. The Morgan fingerprint density at radius 2 is 1.88 bits per heavy atom. The maximum atomic E-state index is 10.8. The molecule has 2 aliphatic carbocycles. The van der Waals surface area contributed by atoms with Crippen LogP contribution < -0.4 is 0 Å². The summed E-state index contributed by atoms with van der Waals surface area (Å²) in [6, 6.07) is 0. The highest BCUT2D eigenvalue weighted by Gasteiger charge is 2.30. The van der Waals surface area contributed by atoms with Crippen molar-refractivity contribution < 1.29 is 19.7 Å². The molecule has 0 amide bonds. The first kappa shape index (κ1) is 27.1. The third kappa shape index (κ3) is 11.7. The Balaban J connectivity index is 1.63. The van der Waals surface area contributed by atoms with Crippen LogP contribution in [0.4, 0.5) is 0 Å². The van der Waals surface area contributed by atoms with Gasteiger partial charge in [0, 0.05) is 13.3 Å². The average molecular weight is 449 g/mol. The van der Waals surface area contributed by atoms with Gasteiger partial charge in [0.05, 0.1) is 0 Å². The average Bonchev–Trinajstić information content (AvgIpc) is 3.50. The van der Waals surface area contributed by atoms with Crippen molar-refractivity contribution in [1.82, 2.24) is 0 Å². The van der Waals surface area contributed by atoms with Crippen LogP contribution in [0.15, 0.2) is 24.3 Å². The van der Waals surface area contributed by atoms with E-state index >= 15 is 0 Å². The van der Waals surface area contributed by atoms with Gasteiger partial charge in [-0.15, -0.1) is 0 Å². The molecule has 0 aliphatic heterocycles. The number of unbranched alkanes of at least 4 members (excludes halogenated alkanes) is 4. The number of aliphatic hydroxyl groups is 2. The molecular weight excluding hydrogens is 400 g/mol. The molecule has 0 aromatic carbocycles. The Bertz CT molecular complexity index is 576. The third-order valence-corrected chi connectivity index (χ3v) is 7.32. The van der Waals surface area contributed by atoms with Gasteiger partial charge in [0.2, 0.25) is 0 Å². The van der Waals surface area contributed by atoms with Gasteiger partial charge in [-0.25, -0.2) is 0 Å². The van der Waals surface area contributed by atoms with Crippen LogP contribution in [0.25, 0.3) is 0 Å². The molecule has 2 saturated carbocycles. The Morgan fingerprint density at radius 3 is 2.59 bits per heavy atom. The lowest BCUT2D eigenvalue weighted by Crippen LogP contribution is -2.34. The van der Waals surface area contributed by atoms with E-state index in [0.29, 0.717) is 6.42 Å². The van der Waals surface area contributed by atoms with Gasteiger partial charge in [0.1, 0.15) is 6.61 Å². The molecule has 184 valence electrons. The maximum absolute atomic E-state index is 10.8. The summed E-state index contributed by atoms with van der Waals surface area (Å²) in [7, 11) is 0. The van der Waals surface area contributed by atoms with E-state index in [9.17, 15) is 15.0 Å². The number of carbonyl (C=O) groups is 1. The largest absolute Gasteiger partial charge is 0.460 e. The van der Waals surface area contributed by atoms with Gasteiger partial charge >= 0.3 is 5.97 Å². The molecule has 0 aromatic heterocycles. The van der Waals surface area contributed by atoms with Gasteiger partial charge in [0.15, 0.2) is 5.79 Å². The molecule has 2 rings (SSSR count). The summed E-state index contributed by atoms with van der Waals surface area (Å²) < 4.78 is 4.69. The van der Waals surface area contributed by atoms with Crippen LogP contribution in [0, 0.1) is 23.7 Å². The Hall–Kier alpha value is -1.13. The third-order valence-electron chi connectivity index (χ3n) is 7.32. The topological polar surface area (TPSA) is 66.8 Å². The first-order chi connectivity index (χ1) is 15.4. The van der Waals surface area contributed by atoms with Crippen LogP contribution >= 0.6 is 0 Å². The van der Waals surface area contributed by atoms with Crippen molar-refractivity contribution in [2.45, 2.75) is 116 Å². The molecule has 0 unspecified atom stereocenters. The summed E-state index contributed by atoms with van der Waals surface area (Å²) >= 11 is 0. The second kappa shape index (κ2) is 14.9.